The standard InChI is InChI=1S/C21H23F2NO2/c1-4-26-16-8-5-14(6-9-16)19(25)24-13-21(12-20(21,2)3)17-10-7-15(22)11-18(17)23/h5-11H,4,12-13H2,1-3H3,(H,24,25). The molecule has 0 radical (unpaired) electrons. The van der Waals surface area contributed by atoms with Crippen LogP contribution in [-0.4, -0.2) is 19.1 Å². The molecule has 3 nitrogen and oxygen atoms in total. The zero-order valence-corrected chi connectivity index (χ0v) is 15.2. The summed E-state index contributed by atoms with van der Waals surface area (Å²) in [7, 11) is 0. The van der Waals surface area contributed by atoms with E-state index in [-0.39, 0.29) is 11.3 Å². The van der Waals surface area contributed by atoms with Crippen molar-refractivity contribution in [2.45, 2.75) is 32.6 Å². The highest BCUT2D eigenvalue weighted by Crippen LogP contribution is 2.64. The third-order valence-corrected chi connectivity index (χ3v) is 5.34. The first-order chi connectivity index (χ1) is 12.3. The van der Waals surface area contributed by atoms with E-state index in [0.29, 0.717) is 30.0 Å². The van der Waals surface area contributed by atoms with Crippen LogP contribution in [0.1, 0.15) is 43.1 Å². The lowest BCUT2D eigenvalue weighted by Gasteiger charge is -2.22. The van der Waals surface area contributed by atoms with E-state index in [1.165, 1.54) is 12.1 Å². The normalized spacial score (nSPS) is 20.5. The Bertz CT molecular complexity index is 817. The van der Waals surface area contributed by atoms with E-state index in [0.717, 1.165) is 12.5 Å². The lowest BCUT2D eigenvalue weighted by molar-refractivity contribution is 0.0947. The molecule has 0 saturated heterocycles. The lowest BCUT2D eigenvalue weighted by Crippen LogP contribution is -2.35. The third kappa shape index (κ3) is 3.30. The lowest BCUT2D eigenvalue weighted by atomic mass is 9.87. The molecule has 1 unspecified atom stereocenters. The molecular weight excluding hydrogens is 336 g/mol. The Hall–Kier alpha value is -2.43. The van der Waals surface area contributed by atoms with E-state index in [2.05, 4.69) is 5.32 Å². The molecule has 26 heavy (non-hydrogen) atoms. The van der Waals surface area contributed by atoms with Gasteiger partial charge in [0, 0.05) is 23.6 Å². The predicted molar refractivity (Wildman–Crippen MR) is 96.4 cm³/mol. The molecule has 2 aromatic carbocycles. The third-order valence-electron chi connectivity index (χ3n) is 5.34. The summed E-state index contributed by atoms with van der Waals surface area (Å²) in [5, 5.41) is 2.91. The monoisotopic (exact) mass is 359 g/mol. The molecule has 0 aliphatic heterocycles. The number of carbonyl (C=O) groups excluding carboxylic acids is 1. The van der Waals surface area contributed by atoms with Gasteiger partial charge in [-0.1, -0.05) is 19.9 Å². The quantitative estimate of drug-likeness (QED) is 0.827. The minimum atomic E-state index is -0.599. The maximum atomic E-state index is 14.3. The van der Waals surface area contributed by atoms with E-state index in [9.17, 15) is 13.6 Å². The van der Waals surface area contributed by atoms with Crippen LogP contribution in [0, 0.1) is 17.0 Å². The average Bonchev–Trinajstić information content (AvgIpc) is 3.15. The van der Waals surface area contributed by atoms with Gasteiger partial charge >= 0.3 is 0 Å². The van der Waals surface area contributed by atoms with Gasteiger partial charge in [0.2, 0.25) is 0 Å². The van der Waals surface area contributed by atoms with Gasteiger partial charge in [-0.2, -0.15) is 0 Å². The molecule has 0 aromatic heterocycles. The summed E-state index contributed by atoms with van der Waals surface area (Å²) in [5.41, 5.74) is 0.279. The molecule has 3 rings (SSSR count). The SMILES string of the molecule is CCOc1ccc(C(=O)NCC2(c3ccc(F)cc3F)CC2(C)C)cc1. The molecule has 1 aliphatic carbocycles. The van der Waals surface area contributed by atoms with Gasteiger partial charge in [-0.15, -0.1) is 0 Å². The summed E-state index contributed by atoms with van der Waals surface area (Å²) in [5.74, 6) is -0.681. The highest BCUT2D eigenvalue weighted by atomic mass is 19.1. The minimum absolute atomic E-state index is 0.169. The number of rotatable bonds is 6. The second-order valence-corrected chi connectivity index (χ2v) is 7.41. The maximum Gasteiger partial charge on any atom is 0.251 e. The van der Waals surface area contributed by atoms with Crippen LogP contribution in [0.15, 0.2) is 42.5 Å². The van der Waals surface area contributed by atoms with Crippen LogP contribution in [0.2, 0.25) is 0 Å². The fourth-order valence-corrected chi connectivity index (χ4v) is 3.65. The minimum Gasteiger partial charge on any atom is -0.494 e. The first-order valence-electron chi connectivity index (χ1n) is 8.76. The fourth-order valence-electron chi connectivity index (χ4n) is 3.65. The smallest absolute Gasteiger partial charge is 0.251 e. The van der Waals surface area contributed by atoms with Crippen LogP contribution in [0.5, 0.6) is 5.75 Å². The molecule has 1 aliphatic rings. The summed E-state index contributed by atoms with van der Waals surface area (Å²) in [6.45, 7) is 6.81. The summed E-state index contributed by atoms with van der Waals surface area (Å²) in [4.78, 5) is 12.5. The van der Waals surface area contributed by atoms with Gasteiger partial charge in [0.1, 0.15) is 17.4 Å². The molecule has 0 spiro atoms. The molecule has 1 amide bonds. The number of hydrogen-bond donors (Lipinski definition) is 1. The summed E-state index contributed by atoms with van der Waals surface area (Å²) >= 11 is 0. The van der Waals surface area contributed by atoms with Crippen molar-refractivity contribution in [2.24, 2.45) is 5.41 Å². The number of ether oxygens (including phenoxy) is 1. The molecule has 1 fully saturated rings. The van der Waals surface area contributed by atoms with E-state index in [1.807, 2.05) is 20.8 Å². The van der Waals surface area contributed by atoms with Gasteiger partial charge < -0.3 is 10.1 Å². The van der Waals surface area contributed by atoms with Crippen molar-refractivity contribution in [3.05, 3.63) is 65.2 Å². The largest absolute Gasteiger partial charge is 0.494 e. The van der Waals surface area contributed by atoms with Gasteiger partial charge in [-0.25, -0.2) is 8.78 Å². The zero-order chi connectivity index (χ0) is 18.9. The van der Waals surface area contributed by atoms with Crippen molar-refractivity contribution in [2.75, 3.05) is 13.2 Å². The number of hydrogen-bond acceptors (Lipinski definition) is 2. The van der Waals surface area contributed by atoms with Crippen molar-refractivity contribution in [3.8, 4) is 5.75 Å². The first-order valence-corrected chi connectivity index (χ1v) is 8.76. The van der Waals surface area contributed by atoms with E-state index >= 15 is 0 Å². The molecule has 138 valence electrons. The first kappa shape index (κ1) is 18.4. The van der Waals surface area contributed by atoms with Gasteiger partial charge in [0.25, 0.3) is 5.91 Å². The Morgan fingerprint density at radius 1 is 1.15 bits per heavy atom. The summed E-state index contributed by atoms with van der Waals surface area (Å²) in [6, 6.07) is 10.5. The second kappa shape index (κ2) is 6.71. The Morgan fingerprint density at radius 3 is 2.35 bits per heavy atom. The molecule has 1 atom stereocenters. The molecule has 0 bridgehead atoms. The van der Waals surface area contributed by atoms with Crippen molar-refractivity contribution < 1.29 is 18.3 Å². The van der Waals surface area contributed by atoms with Crippen molar-refractivity contribution >= 4 is 5.91 Å². The molecule has 5 heteroatoms. The van der Waals surface area contributed by atoms with Crippen LogP contribution >= 0.6 is 0 Å². The van der Waals surface area contributed by atoms with Crippen LogP contribution < -0.4 is 10.1 Å². The zero-order valence-electron chi connectivity index (χ0n) is 15.2. The summed E-state index contributed by atoms with van der Waals surface area (Å²) in [6.07, 6.45) is 0.728. The molecule has 0 heterocycles. The Balaban J connectivity index is 1.75. The number of halogens is 2. The Kier molecular flexibility index (Phi) is 4.74. The van der Waals surface area contributed by atoms with E-state index < -0.39 is 17.0 Å². The molecular formula is C21H23F2NO2. The predicted octanol–water partition coefficient (Wildman–Crippen LogP) is 4.46. The van der Waals surface area contributed by atoms with Crippen LogP contribution in [0.3, 0.4) is 0 Å². The highest BCUT2D eigenvalue weighted by molar-refractivity contribution is 5.94. The second-order valence-electron chi connectivity index (χ2n) is 7.41. The van der Waals surface area contributed by atoms with Crippen LogP contribution in [0.25, 0.3) is 0 Å². The van der Waals surface area contributed by atoms with Gasteiger partial charge in [0.05, 0.1) is 6.61 Å². The number of amides is 1. The van der Waals surface area contributed by atoms with Crippen molar-refractivity contribution in [3.63, 3.8) is 0 Å². The summed E-state index contributed by atoms with van der Waals surface area (Å²) < 4.78 is 32.9. The van der Waals surface area contributed by atoms with E-state index in [1.54, 1.807) is 24.3 Å². The van der Waals surface area contributed by atoms with Gasteiger partial charge in [-0.3, -0.25) is 4.79 Å². The number of benzene rings is 2. The maximum absolute atomic E-state index is 14.3. The fraction of sp³-hybridized carbons (Fsp3) is 0.381. The Morgan fingerprint density at radius 2 is 1.81 bits per heavy atom. The molecule has 2 aromatic rings. The molecule has 1 N–H and O–H groups in total. The number of carbonyl (C=O) groups is 1. The van der Waals surface area contributed by atoms with Crippen LogP contribution in [-0.2, 0) is 5.41 Å². The van der Waals surface area contributed by atoms with Crippen LogP contribution in [0.4, 0.5) is 8.78 Å². The van der Waals surface area contributed by atoms with Gasteiger partial charge in [0.15, 0.2) is 0 Å². The number of nitrogens with one attached hydrogen (secondary N) is 1. The highest BCUT2D eigenvalue weighted by Gasteiger charge is 2.62. The topological polar surface area (TPSA) is 38.3 Å². The van der Waals surface area contributed by atoms with Crippen molar-refractivity contribution in [1.29, 1.82) is 0 Å². The molecule has 1 saturated carbocycles. The average molecular weight is 359 g/mol. The Labute approximate surface area is 152 Å². The van der Waals surface area contributed by atoms with Crippen molar-refractivity contribution in [1.82, 2.24) is 5.32 Å². The van der Waals surface area contributed by atoms with Gasteiger partial charge in [-0.05, 0) is 54.7 Å². The van der Waals surface area contributed by atoms with E-state index in [4.69, 9.17) is 4.74 Å².